The lowest BCUT2D eigenvalue weighted by Gasteiger charge is -2.15. The molecule has 1 aromatic carbocycles. The van der Waals surface area contributed by atoms with Gasteiger partial charge < -0.3 is 20.1 Å². The zero-order valence-corrected chi connectivity index (χ0v) is 18.4. The van der Waals surface area contributed by atoms with E-state index in [1.165, 1.54) is 0 Å². The van der Waals surface area contributed by atoms with Crippen LogP contribution in [0.1, 0.15) is 12.8 Å². The Morgan fingerprint density at radius 3 is 2.88 bits per heavy atom. The third-order valence-electron chi connectivity index (χ3n) is 5.37. The summed E-state index contributed by atoms with van der Waals surface area (Å²) in [6.45, 7) is 1.78. The Balaban J connectivity index is 1.24. The van der Waals surface area contributed by atoms with Gasteiger partial charge in [-0.05, 0) is 42.8 Å². The van der Waals surface area contributed by atoms with Gasteiger partial charge in [0.05, 0.1) is 18.4 Å². The molecule has 0 bridgehead atoms. The highest BCUT2D eigenvalue weighted by Gasteiger charge is 2.19. The molecule has 0 saturated carbocycles. The van der Waals surface area contributed by atoms with Crippen molar-refractivity contribution in [3.63, 3.8) is 0 Å². The van der Waals surface area contributed by atoms with Gasteiger partial charge in [-0.3, -0.25) is 4.79 Å². The van der Waals surface area contributed by atoms with Gasteiger partial charge in [-0.15, -0.1) is 5.10 Å². The second kappa shape index (κ2) is 8.95. The van der Waals surface area contributed by atoms with Crippen LogP contribution >= 0.6 is 11.6 Å². The van der Waals surface area contributed by atoms with Crippen molar-refractivity contribution in [3.05, 3.63) is 59.9 Å². The molecule has 33 heavy (non-hydrogen) atoms. The summed E-state index contributed by atoms with van der Waals surface area (Å²) < 4.78 is 7.29. The molecule has 168 valence electrons. The van der Waals surface area contributed by atoms with Gasteiger partial charge in [-0.2, -0.15) is 4.98 Å². The number of carbonyl (C=O) groups excluding carboxylic acids is 1. The van der Waals surface area contributed by atoms with Crippen molar-refractivity contribution < 1.29 is 14.6 Å². The highest BCUT2D eigenvalue weighted by Crippen LogP contribution is 2.31. The summed E-state index contributed by atoms with van der Waals surface area (Å²) in [5.74, 6) is 1.23. The van der Waals surface area contributed by atoms with Crippen molar-refractivity contribution in [2.45, 2.75) is 12.8 Å². The number of nitrogens with one attached hydrogen (secondary N) is 1. The molecule has 0 aliphatic carbocycles. The molecule has 0 unspecified atom stereocenters. The topological polar surface area (TPSA) is 105 Å². The Hall–Kier alpha value is -3.85. The maximum absolute atomic E-state index is 11.6. The Bertz CT molecular complexity index is 1310. The predicted molar refractivity (Wildman–Crippen MR) is 124 cm³/mol. The second-order valence-corrected chi connectivity index (χ2v) is 8.07. The lowest BCUT2D eigenvalue weighted by molar-refractivity contribution is -0.128. The van der Waals surface area contributed by atoms with Gasteiger partial charge in [0, 0.05) is 41.4 Å². The summed E-state index contributed by atoms with van der Waals surface area (Å²) in [5.41, 5.74) is 2.88. The van der Waals surface area contributed by atoms with Crippen LogP contribution in [0.25, 0.3) is 16.8 Å². The van der Waals surface area contributed by atoms with Gasteiger partial charge in [-0.1, -0.05) is 11.6 Å². The molecule has 0 spiro atoms. The number of rotatable bonds is 7. The van der Waals surface area contributed by atoms with E-state index in [1.807, 2.05) is 23.1 Å². The molecule has 0 radical (unpaired) electrons. The number of aromatic nitrogens is 4. The van der Waals surface area contributed by atoms with E-state index in [0.717, 1.165) is 18.5 Å². The molecule has 3 aromatic heterocycles. The molecule has 2 N–H and O–H groups in total. The number of hydrogen-bond acceptors (Lipinski definition) is 7. The smallest absolute Gasteiger partial charge is 0.247 e. The van der Waals surface area contributed by atoms with E-state index >= 15 is 0 Å². The largest absolute Gasteiger partial charge is 0.508 e. The fourth-order valence-electron chi connectivity index (χ4n) is 3.70. The minimum atomic E-state index is 0.139. The third-order valence-corrected chi connectivity index (χ3v) is 5.70. The van der Waals surface area contributed by atoms with Crippen molar-refractivity contribution in [2.24, 2.45) is 0 Å². The number of amides is 1. The van der Waals surface area contributed by atoms with Crippen molar-refractivity contribution >= 4 is 34.8 Å². The van der Waals surface area contributed by atoms with Gasteiger partial charge in [0.1, 0.15) is 12.4 Å². The number of nitrogens with zero attached hydrogens (tertiary/aromatic N) is 5. The van der Waals surface area contributed by atoms with E-state index in [1.54, 1.807) is 41.2 Å². The first-order chi connectivity index (χ1) is 16.0. The zero-order valence-electron chi connectivity index (χ0n) is 17.6. The first kappa shape index (κ1) is 21.0. The normalized spacial score (nSPS) is 13.6. The van der Waals surface area contributed by atoms with Crippen LogP contribution in [0.4, 0.5) is 11.6 Å². The number of benzene rings is 1. The van der Waals surface area contributed by atoms with E-state index in [0.29, 0.717) is 53.3 Å². The Kier molecular flexibility index (Phi) is 5.70. The van der Waals surface area contributed by atoms with Crippen molar-refractivity contribution in [1.29, 1.82) is 0 Å². The van der Waals surface area contributed by atoms with E-state index < -0.39 is 0 Å². The Morgan fingerprint density at radius 2 is 2.09 bits per heavy atom. The van der Waals surface area contributed by atoms with Gasteiger partial charge >= 0.3 is 0 Å². The average molecular weight is 465 g/mol. The van der Waals surface area contributed by atoms with E-state index in [-0.39, 0.29) is 11.7 Å². The predicted octanol–water partition coefficient (Wildman–Crippen LogP) is 3.90. The monoisotopic (exact) mass is 464 g/mol. The van der Waals surface area contributed by atoms with Gasteiger partial charge in [-0.25, -0.2) is 9.50 Å². The number of ether oxygens (including phenoxy) is 1. The number of anilines is 2. The SMILES string of the molecule is O=C1CCCN1CCOc1ccc(Nc2nc3ccc(-c4cc(O)ccc4Cl)cn3n2)cn1. The lowest BCUT2D eigenvalue weighted by atomic mass is 10.1. The number of halogens is 1. The molecule has 0 atom stereocenters. The number of likely N-dealkylation sites (tertiary alicyclic amines) is 1. The molecule has 1 amide bonds. The summed E-state index contributed by atoms with van der Waals surface area (Å²) in [7, 11) is 0. The maximum Gasteiger partial charge on any atom is 0.247 e. The van der Waals surface area contributed by atoms with Gasteiger partial charge in [0.15, 0.2) is 5.65 Å². The zero-order chi connectivity index (χ0) is 22.8. The molecule has 4 heterocycles. The van der Waals surface area contributed by atoms with Gasteiger partial charge in [0.2, 0.25) is 17.7 Å². The van der Waals surface area contributed by atoms with Crippen LogP contribution in [0, 0.1) is 0 Å². The van der Waals surface area contributed by atoms with Crippen LogP contribution in [-0.2, 0) is 4.79 Å². The summed E-state index contributed by atoms with van der Waals surface area (Å²) in [4.78, 5) is 22.2. The number of carbonyl (C=O) groups is 1. The van der Waals surface area contributed by atoms with Crippen LogP contribution in [0.3, 0.4) is 0 Å². The van der Waals surface area contributed by atoms with Crippen LogP contribution < -0.4 is 10.1 Å². The molecular weight excluding hydrogens is 444 g/mol. The molecule has 10 heteroatoms. The summed E-state index contributed by atoms with van der Waals surface area (Å²) in [6, 6.07) is 12.1. The first-order valence-corrected chi connectivity index (χ1v) is 10.9. The average Bonchev–Trinajstić information content (AvgIpc) is 3.41. The van der Waals surface area contributed by atoms with E-state index in [2.05, 4.69) is 20.4 Å². The summed E-state index contributed by atoms with van der Waals surface area (Å²) in [5, 5.41) is 17.9. The second-order valence-electron chi connectivity index (χ2n) is 7.66. The molecule has 1 aliphatic rings. The first-order valence-electron chi connectivity index (χ1n) is 10.5. The van der Waals surface area contributed by atoms with Crippen LogP contribution in [0.15, 0.2) is 54.9 Å². The van der Waals surface area contributed by atoms with E-state index in [4.69, 9.17) is 16.3 Å². The van der Waals surface area contributed by atoms with Crippen LogP contribution in [-0.4, -0.2) is 55.2 Å². The number of pyridine rings is 2. The number of phenols is 1. The fraction of sp³-hybridized carbons (Fsp3) is 0.217. The summed E-state index contributed by atoms with van der Waals surface area (Å²) >= 11 is 6.28. The van der Waals surface area contributed by atoms with Gasteiger partial charge in [0.25, 0.3) is 0 Å². The maximum atomic E-state index is 11.6. The standard InChI is InChI=1S/C23H21ClN6O3/c24-19-6-5-17(31)12-18(19)15-3-7-20-27-23(28-30(20)14-15)26-16-4-8-21(25-13-16)33-11-10-29-9-1-2-22(29)32/h3-8,12-14,31H,1-2,9-11H2,(H,26,28). The highest BCUT2D eigenvalue weighted by molar-refractivity contribution is 6.33. The molecule has 4 aromatic rings. The van der Waals surface area contributed by atoms with Crippen molar-refractivity contribution in [1.82, 2.24) is 24.5 Å². The number of aromatic hydroxyl groups is 1. The summed E-state index contributed by atoms with van der Waals surface area (Å²) in [6.07, 6.45) is 4.98. The fourth-order valence-corrected chi connectivity index (χ4v) is 3.93. The molecule has 1 fully saturated rings. The molecule has 1 saturated heterocycles. The van der Waals surface area contributed by atoms with Crippen molar-refractivity contribution in [2.75, 3.05) is 25.0 Å². The molecule has 9 nitrogen and oxygen atoms in total. The quantitative estimate of drug-likeness (QED) is 0.427. The molecule has 5 rings (SSSR count). The number of hydrogen-bond donors (Lipinski definition) is 2. The number of fused-ring (bicyclic) bond motifs is 1. The minimum Gasteiger partial charge on any atom is -0.508 e. The van der Waals surface area contributed by atoms with Crippen molar-refractivity contribution in [3.8, 4) is 22.8 Å². The van der Waals surface area contributed by atoms with Crippen LogP contribution in [0.5, 0.6) is 11.6 Å². The number of phenolic OH excluding ortho intramolecular Hbond substituents is 1. The molecular formula is C23H21ClN6O3. The lowest BCUT2D eigenvalue weighted by Crippen LogP contribution is -2.29. The van der Waals surface area contributed by atoms with E-state index in [9.17, 15) is 9.90 Å². The Morgan fingerprint density at radius 1 is 1.18 bits per heavy atom. The Labute approximate surface area is 194 Å². The third kappa shape index (κ3) is 4.68. The van der Waals surface area contributed by atoms with Crippen LogP contribution in [0.2, 0.25) is 5.02 Å². The highest BCUT2D eigenvalue weighted by atomic mass is 35.5. The molecule has 1 aliphatic heterocycles. The minimum absolute atomic E-state index is 0.139.